The Labute approximate surface area is 107 Å². The fourth-order valence-electron chi connectivity index (χ4n) is 2.66. The van der Waals surface area contributed by atoms with Crippen LogP contribution in [-0.4, -0.2) is 11.2 Å². The van der Waals surface area contributed by atoms with Gasteiger partial charge in [0.25, 0.3) is 0 Å². The second-order valence-electron chi connectivity index (χ2n) is 6.90. The summed E-state index contributed by atoms with van der Waals surface area (Å²) in [5.74, 6) is 0.622. The lowest BCUT2D eigenvalue weighted by Gasteiger charge is -2.40. The minimum atomic E-state index is -0.214. The Hall–Kier alpha value is -0.300. The van der Waals surface area contributed by atoms with Gasteiger partial charge in [0.1, 0.15) is 0 Å². The molecule has 0 unspecified atom stereocenters. The standard InChI is InChI=1S/C16H30O/c1-7-15(3,4)12-9-10-14(17)13(11-12)16(5,6)8-2/h11-12,14,17H,7-10H2,1-6H3/t12-,14+/m1/s1. The van der Waals surface area contributed by atoms with E-state index in [1.165, 1.54) is 12.0 Å². The van der Waals surface area contributed by atoms with Crippen LogP contribution >= 0.6 is 0 Å². The first-order valence-electron chi connectivity index (χ1n) is 7.15. The van der Waals surface area contributed by atoms with Crippen molar-refractivity contribution < 1.29 is 5.11 Å². The molecule has 0 aromatic carbocycles. The van der Waals surface area contributed by atoms with E-state index < -0.39 is 0 Å². The van der Waals surface area contributed by atoms with Gasteiger partial charge in [0.15, 0.2) is 0 Å². The zero-order valence-corrected chi connectivity index (χ0v) is 12.5. The molecule has 0 aromatic heterocycles. The quantitative estimate of drug-likeness (QED) is 0.712. The predicted molar refractivity (Wildman–Crippen MR) is 75.0 cm³/mol. The summed E-state index contributed by atoms with van der Waals surface area (Å²) in [6.07, 6.45) is 6.53. The van der Waals surface area contributed by atoms with Gasteiger partial charge in [0, 0.05) is 0 Å². The van der Waals surface area contributed by atoms with Gasteiger partial charge < -0.3 is 5.11 Å². The zero-order chi connectivity index (χ0) is 13.3. The summed E-state index contributed by atoms with van der Waals surface area (Å²) < 4.78 is 0. The molecular weight excluding hydrogens is 208 g/mol. The summed E-state index contributed by atoms with van der Waals surface area (Å²) in [4.78, 5) is 0. The molecule has 0 radical (unpaired) electrons. The Balaban J connectivity index is 3.02. The van der Waals surface area contributed by atoms with E-state index in [9.17, 15) is 5.11 Å². The van der Waals surface area contributed by atoms with Crippen molar-refractivity contribution in [1.82, 2.24) is 0 Å². The molecule has 1 rings (SSSR count). The van der Waals surface area contributed by atoms with Crippen LogP contribution in [0.4, 0.5) is 0 Å². The van der Waals surface area contributed by atoms with Gasteiger partial charge in [-0.2, -0.15) is 0 Å². The van der Waals surface area contributed by atoms with Crippen LogP contribution in [0.25, 0.3) is 0 Å². The molecule has 1 aliphatic carbocycles. The van der Waals surface area contributed by atoms with Crippen molar-refractivity contribution in [3.63, 3.8) is 0 Å². The van der Waals surface area contributed by atoms with E-state index >= 15 is 0 Å². The van der Waals surface area contributed by atoms with Crippen LogP contribution in [0.5, 0.6) is 0 Å². The number of aliphatic hydroxyl groups excluding tert-OH is 1. The van der Waals surface area contributed by atoms with Gasteiger partial charge in [-0.3, -0.25) is 0 Å². The van der Waals surface area contributed by atoms with Gasteiger partial charge >= 0.3 is 0 Å². The molecule has 17 heavy (non-hydrogen) atoms. The van der Waals surface area contributed by atoms with Crippen molar-refractivity contribution in [2.24, 2.45) is 16.7 Å². The highest BCUT2D eigenvalue weighted by Crippen LogP contribution is 2.44. The number of aliphatic hydroxyl groups is 1. The molecule has 1 aliphatic rings. The van der Waals surface area contributed by atoms with Crippen molar-refractivity contribution in [2.45, 2.75) is 73.3 Å². The Kier molecular flexibility index (Phi) is 4.46. The molecule has 1 nitrogen and oxygen atoms in total. The minimum absolute atomic E-state index is 0.141. The Bertz CT molecular complexity index is 286. The fourth-order valence-corrected chi connectivity index (χ4v) is 2.66. The first-order chi connectivity index (χ1) is 7.74. The smallest absolute Gasteiger partial charge is 0.0755 e. The maximum absolute atomic E-state index is 10.2. The van der Waals surface area contributed by atoms with E-state index in [2.05, 4.69) is 47.6 Å². The fraction of sp³-hybridized carbons (Fsp3) is 0.875. The van der Waals surface area contributed by atoms with Crippen molar-refractivity contribution in [1.29, 1.82) is 0 Å². The summed E-state index contributed by atoms with van der Waals surface area (Å²) in [6, 6.07) is 0. The molecule has 0 aliphatic heterocycles. The van der Waals surface area contributed by atoms with Crippen molar-refractivity contribution >= 4 is 0 Å². The van der Waals surface area contributed by atoms with Gasteiger partial charge in [0.05, 0.1) is 6.10 Å². The van der Waals surface area contributed by atoms with E-state index in [0.29, 0.717) is 11.3 Å². The SMILES string of the molecule is CCC(C)(C)C1=C[C@H](C(C)(C)CC)CC[C@@H]1O. The van der Waals surface area contributed by atoms with Crippen LogP contribution in [0.1, 0.15) is 67.2 Å². The monoisotopic (exact) mass is 238 g/mol. The second-order valence-corrected chi connectivity index (χ2v) is 6.90. The third kappa shape index (κ3) is 3.13. The lowest BCUT2D eigenvalue weighted by atomic mass is 9.66. The largest absolute Gasteiger partial charge is 0.389 e. The Morgan fingerprint density at radius 2 is 1.71 bits per heavy atom. The molecule has 2 atom stereocenters. The van der Waals surface area contributed by atoms with E-state index in [1.807, 2.05) is 0 Å². The molecule has 1 heteroatoms. The highest BCUT2D eigenvalue weighted by molar-refractivity contribution is 5.21. The van der Waals surface area contributed by atoms with E-state index in [4.69, 9.17) is 0 Å². The second kappa shape index (κ2) is 5.14. The van der Waals surface area contributed by atoms with Crippen LogP contribution < -0.4 is 0 Å². The van der Waals surface area contributed by atoms with Gasteiger partial charge in [-0.1, -0.05) is 54.0 Å². The van der Waals surface area contributed by atoms with E-state index in [-0.39, 0.29) is 11.5 Å². The van der Waals surface area contributed by atoms with Gasteiger partial charge in [-0.25, -0.2) is 0 Å². The molecule has 0 spiro atoms. The molecule has 0 fully saturated rings. The highest BCUT2D eigenvalue weighted by Gasteiger charge is 2.35. The number of rotatable bonds is 4. The predicted octanol–water partition coefficient (Wildman–Crippen LogP) is 4.56. The molecule has 0 heterocycles. The summed E-state index contributed by atoms with van der Waals surface area (Å²) in [5, 5.41) is 10.2. The lowest BCUT2D eigenvalue weighted by Crippen LogP contribution is -2.33. The first kappa shape index (κ1) is 14.8. The third-order valence-corrected chi connectivity index (χ3v) is 5.07. The molecule has 0 saturated heterocycles. The molecule has 100 valence electrons. The molecule has 0 aromatic rings. The minimum Gasteiger partial charge on any atom is -0.389 e. The third-order valence-electron chi connectivity index (χ3n) is 5.07. The topological polar surface area (TPSA) is 20.2 Å². The van der Waals surface area contributed by atoms with Gasteiger partial charge in [-0.05, 0) is 41.6 Å². The Morgan fingerprint density at radius 3 is 2.18 bits per heavy atom. The van der Waals surface area contributed by atoms with Crippen LogP contribution in [0.15, 0.2) is 11.6 Å². The average Bonchev–Trinajstić information content (AvgIpc) is 2.29. The molecule has 0 bridgehead atoms. The summed E-state index contributed by atoms with van der Waals surface area (Å²) in [5.41, 5.74) is 1.77. The molecular formula is C16H30O. The summed E-state index contributed by atoms with van der Waals surface area (Å²) in [6.45, 7) is 13.7. The van der Waals surface area contributed by atoms with E-state index in [0.717, 1.165) is 19.3 Å². The highest BCUT2D eigenvalue weighted by atomic mass is 16.3. The number of hydrogen-bond acceptors (Lipinski definition) is 1. The van der Waals surface area contributed by atoms with Crippen molar-refractivity contribution in [3.8, 4) is 0 Å². The van der Waals surface area contributed by atoms with Crippen molar-refractivity contribution in [3.05, 3.63) is 11.6 Å². The normalized spacial score (nSPS) is 26.9. The first-order valence-corrected chi connectivity index (χ1v) is 7.15. The van der Waals surface area contributed by atoms with Crippen LogP contribution in [-0.2, 0) is 0 Å². The van der Waals surface area contributed by atoms with Crippen LogP contribution in [0, 0.1) is 16.7 Å². The Morgan fingerprint density at radius 1 is 1.12 bits per heavy atom. The van der Waals surface area contributed by atoms with E-state index in [1.54, 1.807) is 0 Å². The molecule has 1 N–H and O–H groups in total. The maximum atomic E-state index is 10.2. The molecule has 0 amide bonds. The number of allylic oxidation sites excluding steroid dienone is 1. The average molecular weight is 238 g/mol. The number of hydrogen-bond donors (Lipinski definition) is 1. The van der Waals surface area contributed by atoms with Gasteiger partial charge in [0.2, 0.25) is 0 Å². The van der Waals surface area contributed by atoms with Gasteiger partial charge in [-0.15, -0.1) is 0 Å². The zero-order valence-electron chi connectivity index (χ0n) is 12.5. The maximum Gasteiger partial charge on any atom is 0.0755 e. The summed E-state index contributed by atoms with van der Waals surface area (Å²) in [7, 11) is 0. The van der Waals surface area contributed by atoms with Crippen LogP contribution in [0.3, 0.4) is 0 Å². The molecule has 0 saturated carbocycles. The van der Waals surface area contributed by atoms with Crippen LogP contribution in [0.2, 0.25) is 0 Å². The lowest BCUT2D eigenvalue weighted by molar-refractivity contribution is 0.124. The van der Waals surface area contributed by atoms with Crippen molar-refractivity contribution in [2.75, 3.05) is 0 Å². The summed E-state index contributed by atoms with van der Waals surface area (Å²) >= 11 is 0.